The third-order valence-corrected chi connectivity index (χ3v) is 5.87. The molecule has 0 radical (unpaired) electrons. The number of nitrogens with one attached hydrogen (secondary N) is 2. The fraction of sp³-hybridized carbons (Fsp3) is 0.0500. The van der Waals surface area contributed by atoms with Gasteiger partial charge in [0.1, 0.15) is 5.75 Å². The highest BCUT2D eigenvalue weighted by Gasteiger charge is 2.15. The Kier molecular flexibility index (Phi) is 6.88. The molecule has 0 heterocycles. The van der Waals surface area contributed by atoms with Gasteiger partial charge in [0.05, 0.1) is 9.82 Å². The van der Waals surface area contributed by atoms with Gasteiger partial charge in [-0.25, -0.2) is 8.42 Å². The van der Waals surface area contributed by atoms with Gasteiger partial charge in [-0.05, 0) is 54.6 Å². The number of carbonyl (C=O) groups is 1. The van der Waals surface area contributed by atoms with Crippen molar-refractivity contribution in [3.8, 4) is 5.75 Å². The van der Waals surface area contributed by atoms with Crippen LogP contribution in [0.5, 0.6) is 5.75 Å². The molecule has 160 valence electrons. The second kappa shape index (κ2) is 9.58. The van der Waals surface area contributed by atoms with Crippen LogP contribution < -0.4 is 14.8 Å². The highest BCUT2D eigenvalue weighted by Crippen LogP contribution is 2.21. The van der Waals surface area contributed by atoms with Gasteiger partial charge in [0.25, 0.3) is 21.6 Å². The number of nitro groups is 1. The number of benzene rings is 3. The first-order valence-corrected chi connectivity index (χ1v) is 11.1. The summed E-state index contributed by atoms with van der Waals surface area (Å²) in [6, 6.07) is 17.8. The van der Waals surface area contributed by atoms with Gasteiger partial charge in [0, 0.05) is 28.0 Å². The molecule has 0 aliphatic carbocycles. The lowest BCUT2D eigenvalue weighted by Gasteiger charge is -2.10. The van der Waals surface area contributed by atoms with E-state index in [-0.39, 0.29) is 28.6 Å². The molecular formula is C20H16BrN3O6S. The van der Waals surface area contributed by atoms with E-state index in [2.05, 4.69) is 26.0 Å². The molecule has 0 saturated carbocycles. The molecule has 2 N–H and O–H groups in total. The molecular weight excluding hydrogens is 490 g/mol. The van der Waals surface area contributed by atoms with Gasteiger partial charge in [-0.3, -0.25) is 19.6 Å². The van der Waals surface area contributed by atoms with Crippen molar-refractivity contribution >= 4 is 48.9 Å². The smallest absolute Gasteiger partial charge is 0.271 e. The summed E-state index contributed by atoms with van der Waals surface area (Å²) in [5.41, 5.74) is 0.539. The van der Waals surface area contributed by atoms with Gasteiger partial charge in [0.15, 0.2) is 6.61 Å². The number of sulfonamides is 1. The summed E-state index contributed by atoms with van der Waals surface area (Å²) in [4.78, 5) is 22.3. The third-order valence-electron chi connectivity index (χ3n) is 3.94. The van der Waals surface area contributed by atoms with Crippen molar-refractivity contribution in [1.29, 1.82) is 0 Å². The molecule has 3 rings (SSSR count). The molecule has 9 nitrogen and oxygen atoms in total. The maximum Gasteiger partial charge on any atom is 0.271 e. The van der Waals surface area contributed by atoms with E-state index in [0.29, 0.717) is 5.69 Å². The average molecular weight is 506 g/mol. The van der Waals surface area contributed by atoms with Crippen LogP contribution >= 0.6 is 15.9 Å². The number of anilines is 2. The largest absolute Gasteiger partial charge is 0.484 e. The molecule has 3 aromatic carbocycles. The zero-order valence-electron chi connectivity index (χ0n) is 15.8. The second-order valence-corrected chi connectivity index (χ2v) is 8.83. The predicted molar refractivity (Wildman–Crippen MR) is 119 cm³/mol. The van der Waals surface area contributed by atoms with E-state index in [9.17, 15) is 23.3 Å². The Morgan fingerprint density at radius 1 is 1.00 bits per heavy atom. The van der Waals surface area contributed by atoms with Crippen molar-refractivity contribution in [2.45, 2.75) is 4.90 Å². The molecule has 0 saturated heterocycles. The Balaban J connectivity index is 1.57. The minimum atomic E-state index is -3.78. The van der Waals surface area contributed by atoms with Gasteiger partial charge < -0.3 is 10.1 Å². The maximum absolute atomic E-state index is 12.5. The number of halogens is 1. The van der Waals surface area contributed by atoms with Crippen LogP contribution in [0.1, 0.15) is 0 Å². The number of carbonyl (C=O) groups excluding carboxylic acids is 1. The lowest BCUT2D eigenvalue weighted by atomic mass is 10.3. The first kappa shape index (κ1) is 22.2. The fourth-order valence-corrected chi connectivity index (χ4v) is 3.81. The molecule has 0 bridgehead atoms. The van der Waals surface area contributed by atoms with E-state index >= 15 is 0 Å². The molecule has 11 heteroatoms. The second-order valence-electron chi connectivity index (χ2n) is 6.23. The minimum Gasteiger partial charge on any atom is -0.484 e. The highest BCUT2D eigenvalue weighted by atomic mass is 79.9. The molecule has 0 aromatic heterocycles. The molecule has 0 aliphatic heterocycles. The summed E-state index contributed by atoms with van der Waals surface area (Å²) < 4.78 is 33.6. The van der Waals surface area contributed by atoms with Gasteiger partial charge in [0.2, 0.25) is 0 Å². The van der Waals surface area contributed by atoms with Crippen LogP contribution in [0, 0.1) is 10.1 Å². The number of rotatable bonds is 8. The van der Waals surface area contributed by atoms with Gasteiger partial charge in [-0.1, -0.05) is 22.0 Å². The number of amides is 1. The average Bonchev–Trinajstić information content (AvgIpc) is 2.74. The van der Waals surface area contributed by atoms with E-state index < -0.39 is 20.9 Å². The van der Waals surface area contributed by atoms with E-state index in [1.165, 1.54) is 48.5 Å². The Labute approximate surface area is 186 Å². The molecule has 0 spiro atoms. The Bertz CT molecular complexity index is 1200. The van der Waals surface area contributed by atoms with Crippen LogP contribution in [0.25, 0.3) is 0 Å². The third kappa shape index (κ3) is 6.27. The molecule has 0 fully saturated rings. The number of ether oxygens (including phenoxy) is 1. The SMILES string of the molecule is O=C(COc1ccc(S(=O)(=O)Nc2ccc(Br)cc2)cc1)Nc1cccc([N+](=O)[O-])c1. The molecule has 0 unspecified atom stereocenters. The number of hydrogen-bond acceptors (Lipinski definition) is 6. The van der Waals surface area contributed by atoms with Crippen molar-refractivity contribution in [3.05, 3.63) is 87.4 Å². The van der Waals surface area contributed by atoms with Crippen LogP contribution in [0.3, 0.4) is 0 Å². The molecule has 0 aliphatic rings. The quantitative estimate of drug-likeness (QED) is 0.349. The summed E-state index contributed by atoms with van der Waals surface area (Å²) in [6.07, 6.45) is 0. The Morgan fingerprint density at radius 3 is 2.32 bits per heavy atom. The summed E-state index contributed by atoms with van der Waals surface area (Å²) in [5, 5.41) is 13.3. The normalized spacial score (nSPS) is 10.9. The lowest BCUT2D eigenvalue weighted by Crippen LogP contribution is -2.20. The predicted octanol–water partition coefficient (Wildman–Crippen LogP) is 4.18. The number of non-ortho nitro benzene ring substituents is 1. The first-order valence-electron chi connectivity index (χ1n) is 8.78. The molecule has 31 heavy (non-hydrogen) atoms. The van der Waals surface area contributed by atoms with Crippen LogP contribution in [-0.4, -0.2) is 25.9 Å². The lowest BCUT2D eigenvalue weighted by molar-refractivity contribution is -0.384. The number of nitro benzene ring substituents is 1. The zero-order chi connectivity index (χ0) is 22.4. The standard InChI is InChI=1S/C20H16BrN3O6S/c21-14-4-6-15(7-5-14)23-31(28,29)19-10-8-18(9-11-19)30-13-20(25)22-16-2-1-3-17(12-16)24(26)27/h1-12,23H,13H2,(H,22,25). The summed E-state index contributed by atoms with van der Waals surface area (Å²) in [5.74, 6) is -0.231. The van der Waals surface area contributed by atoms with Crippen molar-refractivity contribution in [2.24, 2.45) is 0 Å². The Morgan fingerprint density at radius 2 is 1.68 bits per heavy atom. The highest BCUT2D eigenvalue weighted by molar-refractivity contribution is 9.10. The number of nitrogens with zero attached hydrogens (tertiary/aromatic N) is 1. The summed E-state index contributed by atoms with van der Waals surface area (Å²) in [6.45, 7) is -0.355. The molecule has 0 atom stereocenters. The van der Waals surface area contributed by atoms with Crippen LogP contribution in [0.4, 0.5) is 17.1 Å². The van der Waals surface area contributed by atoms with Crippen molar-refractivity contribution < 1.29 is 22.9 Å². The van der Waals surface area contributed by atoms with E-state index in [0.717, 1.165) is 4.47 Å². The van der Waals surface area contributed by atoms with Gasteiger partial charge >= 0.3 is 0 Å². The topological polar surface area (TPSA) is 128 Å². The van der Waals surface area contributed by atoms with E-state index in [1.807, 2.05) is 0 Å². The fourth-order valence-electron chi connectivity index (χ4n) is 2.49. The van der Waals surface area contributed by atoms with Crippen molar-refractivity contribution in [2.75, 3.05) is 16.6 Å². The van der Waals surface area contributed by atoms with Crippen LogP contribution in [-0.2, 0) is 14.8 Å². The van der Waals surface area contributed by atoms with Crippen molar-refractivity contribution in [3.63, 3.8) is 0 Å². The van der Waals surface area contributed by atoms with Crippen LogP contribution in [0.15, 0.2) is 82.2 Å². The zero-order valence-corrected chi connectivity index (χ0v) is 18.2. The maximum atomic E-state index is 12.5. The summed E-state index contributed by atoms with van der Waals surface area (Å²) in [7, 11) is -3.78. The molecule has 3 aromatic rings. The van der Waals surface area contributed by atoms with Gasteiger partial charge in [-0.15, -0.1) is 0 Å². The first-order chi connectivity index (χ1) is 14.7. The van der Waals surface area contributed by atoms with E-state index in [1.54, 1.807) is 24.3 Å². The summed E-state index contributed by atoms with van der Waals surface area (Å²) >= 11 is 3.28. The minimum absolute atomic E-state index is 0.0313. The van der Waals surface area contributed by atoms with Crippen LogP contribution in [0.2, 0.25) is 0 Å². The van der Waals surface area contributed by atoms with E-state index in [4.69, 9.17) is 4.74 Å². The number of hydrogen-bond donors (Lipinski definition) is 2. The monoisotopic (exact) mass is 505 g/mol. The van der Waals surface area contributed by atoms with Crippen molar-refractivity contribution in [1.82, 2.24) is 0 Å². The molecule has 1 amide bonds. The van der Waals surface area contributed by atoms with Gasteiger partial charge in [-0.2, -0.15) is 0 Å². The Hall–Kier alpha value is -3.44.